The number of anilines is 1. The molecule has 0 radical (unpaired) electrons. The third kappa shape index (κ3) is 2.07. The molecule has 2 heterocycles. The number of nitrogens with zero attached hydrogens (tertiary/aromatic N) is 1. The summed E-state index contributed by atoms with van der Waals surface area (Å²) in [6, 6.07) is 12.3. The number of aryl methyl sites for hydroxylation is 1. The molecular weight excluding hydrogens is 242 g/mol. The van der Waals surface area contributed by atoms with Crippen molar-refractivity contribution in [1.29, 1.82) is 0 Å². The fourth-order valence-electron chi connectivity index (χ4n) is 1.87. The summed E-state index contributed by atoms with van der Waals surface area (Å²) in [5, 5.41) is 3.09. The minimum atomic E-state index is 0.721. The van der Waals surface area contributed by atoms with Gasteiger partial charge in [0.25, 0.3) is 0 Å². The largest absolute Gasteiger partial charge is 0.397 e. The third-order valence-electron chi connectivity index (χ3n) is 2.73. The average molecular weight is 255 g/mol. The van der Waals surface area contributed by atoms with Crippen LogP contribution in [0.3, 0.4) is 0 Å². The maximum Gasteiger partial charge on any atom is 0.125 e. The second-order valence-corrected chi connectivity index (χ2v) is 5.26. The Bertz CT molecular complexity index is 670. The highest BCUT2D eigenvalue weighted by atomic mass is 32.2. The SMILES string of the molecule is Cc1cnc(Sc2cc3ccccc3[nH]2)c(N)c1. The van der Waals surface area contributed by atoms with Crippen molar-refractivity contribution in [3.8, 4) is 0 Å². The average Bonchev–Trinajstić information content (AvgIpc) is 2.75. The number of H-pyrrole nitrogens is 1. The number of benzene rings is 1. The number of rotatable bonds is 2. The fourth-order valence-corrected chi connectivity index (χ4v) is 2.71. The van der Waals surface area contributed by atoms with Gasteiger partial charge in [0.2, 0.25) is 0 Å². The molecule has 4 heteroatoms. The summed E-state index contributed by atoms with van der Waals surface area (Å²) in [5.74, 6) is 0. The van der Waals surface area contributed by atoms with Gasteiger partial charge in [-0.3, -0.25) is 0 Å². The van der Waals surface area contributed by atoms with Gasteiger partial charge in [0.05, 0.1) is 10.7 Å². The number of para-hydroxylation sites is 1. The maximum absolute atomic E-state index is 5.97. The molecule has 0 spiro atoms. The Morgan fingerprint density at radius 1 is 1.22 bits per heavy atom. The van der Waals surface area contributed by atoms with Gasteiger partial charge in [0, 0.05) is 17.1 Å². The number of hydrogen-bond acceptors (Lipinski definition) is 3. The molecule has 3 rings (SSSR count). The molecule has 3 aromatic rings. The van der Waals surface area contributed by atoms with E-state index in [1.54, 1.807) is 11.8 Å². The number of fused-ring (bicyclic) bond motifs is 1. The van der Waals surface area contributed by atoms with Gasteiger partial charge < -0.3 is 10.7 Å². The molecule has 0 saturated heterocycles. The first-order valence-corrected chi connectivity index (χ1v) is 6.52. The number of nitrogen functional groups attached to an aromatic ring is 1. The lowest BCUT2D eigenvalue weighted by molar-refractivity contribution is 1.11. The Labute approximate surface area is 109 Å². The molecule has 90 valence electrons. The smallest absolute Gasteiger partial charge is 0.125 e. The van der Waals surface area contributed by atoms with Crippen molar-refractivity contribution >= 4 is 28.4 Å². The number of aromatic amines is 1. The molecule has 0 bridgehead atoms. The number of hydrogen-bond donors (Lipinski definition) is 2. The first kappa shape index (κ1) is 11.2. The summed E-state index contributed by atoms with van der Waals surface area (Å²) in [7, 11) is 0. The number of nitrogens with one attached hydrogen (secondary N) is 1. The van der Waals surface area contributed by atoms with Gasteiger partial charge in [0.15, 0.2) is 0 Å². The van der Waals surface area contributed by atoms with E-state index in [9.17, 15) is 0 Å². The van der Waals surface area contributed by atoms with E-state index in [-0.39, 0.29) is 0 Å². The predicted molar refractivity (Wildman–Crippen MR) is 75.8 cm³/mol. The quantitative estimate of drug-likeness (QED) is 0.735. The van der Waals surface area contributed by atoms with E-state index in [1.807, 2.05) is 31.3 Å². The van der Waals surface area contributed by atoms with Gasteiger partial charge in [-0.15, -0.1) is 0 Å². The molecule has 2 aromatic heterocycles. The molecule has 0 aliphatic heterocycles. The summed E-state index contributed by atoms with van der Waals surface area (Å²) < 4.78 is 0. The lowest BCUT2D eigenvalue weighted by atomic mass is 10.3. The molecule has 3 N–H and O–H groups in total. The Morgan fingerprint density at radius 2 is 2.06 bits per heavy atom. The molecule has 0 saturated carbocycles. The summed E-state index contributed by atoms with van der Waals surface area (Å²) in [4.78, 5) is 7.71. The van der Waals surface area contributed by atoms with Gasteiger partial charge in [-0.1, -0.05) is 30.0 Å². The van der Waals surface area contributed by atoms with Crippen LogP contribution in [0.25, 0.3) is 10.9 Å². The summed E-state index contributed by atoms with van der Waals surface area (Å²) >= 11 is 1.56. The maximum atomic E-state index is 5.97. The zero-order valence-corrected chi connectivity index (χ0v) is 10.8. The Hall–Kier alpha value is -1.94. The minimum Gasteiger partial charge on any atom is -0.397 e. The van der Waals surface area contributed by atoms with Crippen LogP contribution >= 0.6 is 11.8 Å². The van der Waals surface area contributed by atoms with E-state index in [0.29, 0.717) is 0 Å². The predicted octanol–water partition coefficient (Wildman–Crippen LogP) is 3.60. The van der Waals surface area contributed by atoms with Crippen LogP contribution in [0, 0.1) is 6.92 Å². The lowest BCUT2D eigenvalue weighted by Gasteiger charge is -2.03. The van der Waals surface area contributed by atoms with Crippen LogP contribution in [0.4, 0.5) is 5.69 Å². The van der Waals surface area contributed by atoms with E-state index in [1.165, 1.54) is 5.39 Å². The van der Waals surface area contributed by atoms with Crippen LogP contribution in [0.5, 0.6) is 0 Å². The zero-order chi connectivity index (χ0) is 12.5. The molecule has 0 unspecified atom stereocenters. The minimum absolute atomic E-state index is 0.721. The van der Waals surface area contributed by atoms with Crippen LogP contribution in [-0.4, -0.2) is 9.97 Å². The monoisotopic (exact) mass is 255 g/mol. The van der Waals surface area contributed by atoms with Crippen LogP contribution in [0.15, 0.2) is 52.6 Å². The van der Waals surface area contributed by atoms with Gasteiger partial charge in [-0.2, -0.15) is 0 Å². The van der Waals surface area contributed by atoms with Gasteiger partial charge in [-0.25, -0.2) is 4.98 Å². The molecule has 0 amide bonds. The first-order chi connectivity index (χ1) is 8.72. The van der Waals surface area contributed by atoms with E-state index in [4.69, 9.17) is 5.73 Å². The van der Waals surface area contributed by atoms with E-state index < -0.39 is 0 Å². The van der Waals surface area contributed by atoms with Crippen molar-refractivity contribution in [3.05, 3.63) is 48.2 Å². The number of aromatic nitrogens is 2. The van der Waals surface area contributed by atoms with Crippen molar-refractivity contribution < 1.29 is 0 Å². The highest BCUT2D eigenvalue weighted by Crippen LogP contribution is 2.31. The molecule has 0 atom stereocenters. The lowest BCUT2D eigenvalue weighted by Crippen LogP contribution is -1.92. The Balaban J connectivity index is 1.96. The van der Waals surface area contributed by atoms with Crippen LogP contribution in [-0.2, 0) is 0 Å². The topological polar surface area (TPSA) is 54.7 Å². The van der Waals surface area contributed by atoms with Crippen molar-refractivity contribution in [2.45, 2.75) is 17.0 Å². The fraction of sp³-hybridized carbons (Fsp3) is 0.0714. The number of pyridine rings is 1. The molecule has 3 nitrogen and oxygen atoms in total. The normalized spacial score (nSPS) is 10.9. The first-order valence-electron chi connectivity index (χ1n) is 5.70. The molecule has 0 aliphatic carbocycles. The van der Waals surface area contributed by atoms with Gasteiger partial charge in [0.1, 0.15) is 5.03 Å². The van der Waals surface area contributed by atoms with E-state index >= 15 is 0 Å². The van der Waals surface area contributed by atoms with E-state index in [0.717, 1.165) is 26.8 Å². The molecule has 0 fully saturated rings. The van der Waals surface area contributed by atoms with Gasteiger partial charge >= 0.3 is 0 Å². The summed E-state index contributed by atoms with van der Waals surface area (Å²) in [5.41, 5.74) is 8.89. The van der Waals surface area contributed by atoms with Crippen molar-refractivity contribution in [2.75, 3.05) is 5.73 Å². The van der Waals surface area contributed by atoms with E-state index in [2.05, 4.69) is 28.2 Å². The van der Waals surface area contributed by atoms with Crippen LogP contribution in [0.2, 0.25) is 0 Å². The zero-order valence-electron chi connectivity index (χ0n) is 9.97. The van der Waals surface area contributed by atoms with Crippen LogP contribution in [0.1, 0.15) is 5.56 Å². The highest BCUT2D eigenvalue weighted by molar-refractivity contribution is 7.99. The highest BCUT2D eigenvalue weighted by Gasteiger charge is 2.06. The van der Waals surface area contributed by atoms with Crippen molar-refractivity contribution in [1.82, 2.24) is 9.97 Å². The molecule has 1 aromatic carbocycles. The summed E-state index contributed by atoms with van der Waals surface area (Å²) in [6.07, 6.45) is 1.83. The van der Waals surface area contributed by atoms with Gasteiger partial charge in [-0.05, 0) is 30.7 Å². The summed E-state index contributed by atoms with van der Waals surface area (Å²) in [6.45, 7) is 1.99. The van der Waals surface area contributed by atoms with Crippen LogP contribution < -0.4 is 5.73 Å². The molecule has 18 heavy (non-hydrogen) atoms. The third-order valence-corrected chi connectivity index (χ3v) is 3.70. The Morgan fingerprint density at radius 3 is 2.83 bits per heavy atom. The second kappa shape index (κ2) is 4.38. The van der Waals surface area contributed by atoms with Crippen molar-refractivity contribution in [2.24, 2.45) is 0 Å². The molecular formula is C14H13N3S. The number of nitrogens with two attached hydrogens (primary N) is 1. The molecule has 0 aliphatic rings. The Kier molecular flexibility index (Phi) is 2.72. The second-order valence-electron chi connectivity index (χ2n) is 4.23. The standard InChI is InChI=1S/C14H13N3S/c1-9-6-11(15)14(16-8-9)18-13-7-10-4-2-3-5-12(10)17-13/h2-8,17H,15H2,1H3. The van der Waals surface area contributed by atoms with Crippen molar-refractivity contribution in [3.63, 3.8) is 0 Å².